The van der Waals surface area contributed by atoms with Gasteiger partial charge in [-0.05, 0) is 42.7 Å². The number of rotatable bonds is 6. The molecule has 1 aliphatic heterocycles. The van der Waals surface area contributed by atoms with Gasteiger partial charge in [-0.1, -0.05) is 24.3 Å². The Morgan fingerprint density at radius 3 is 2.73 bits per heavy atom. The molecule has 140 valence electrons. The first kappa shape index (κ1) is 20.3. The number of benzene rings is 2. The topological polar surface area (TPSA) is 54.9 Å². The van der Waals surface area contributed by atoms with Crippen molar-refractivity contribution in [2.24, 2.45) is 4.99 Å². The minimum atomic E-state index is -0.174. The number of hydrogen-bond donors (Lipinski definition) is 2. The summed E-state index contributed by atoms with van der Waals surface area (Å²) in [6.07, 6.45) is 0.598. The van der Waals surface area contributed by atoms with E-state index in [1.54, 1.807) is 12.1 Å². The molecule has 1 heterocycles. The van der Waals surface area contributed by atoms with Gasteiger partial charge in [-0.15, -0.1) is 24.0 Å². The number of ether oxygens (including phenoxy) is 2. The first-order valence-corrected chi connectivity index (χ1v) is 8.40. The monoisotopic (exact) mass is 471 g/mol. The van der Waals surface area contributed by atoms with Crippen LogP contribution in [0, 0.1) is 5.82 Å². The molecule has 5 nitrogen and oxygen atoms in total. The fourth-order valence-corrected chi connectivity index (χ4v) is 2.57. The molecular formula is C19H23FIN3O2. The fourth-order valence-electron chi connectivity index (χ4n) is 2.57. The fraction of sp³-hybridized carbons (Fsp3) is 0.316. The molecule has 0 aliphatic carbocycles. The number of guanidine groups is 1. The van der Waals surface area contributed by atoms with Crippen LogP contribution in [-0.4, -0.2) is 25.8 Å². The molecule has 0 spiro atoms. The SMILES string of the molecule is CCNC(=NCc1ccc2c(c1)OCO2)NCCc1ccccc1F.I. The van der Waals surface area contributed by atoms with Crippen LogP contribution in [0.1, 0.15) is 18.1 Å². The maximum absolute atomic E-state index is 13.6. The summed E-state index contributed by atoms with van der Waals surface area (Å²) in [5, 5.41) is 6.43. The zero-order valence-electron chi connectivity index (χ0n) is 14.6. The molecule has 1 aliphatic rings. The highest BCUT2D eigenvalue weighted by molar-refractivity contribution is 14.0. The normalized spacial score (nSPS) is 12.5. The van der Waals surface area contributed by atoms with E-state index >= 15 is 0 Å². The number of fused-ring (bicyclic) bond motifs is 1. The zero-order valence-corrected chi connectivity index (χ0v) is 17.0. The minimum absolute atomic E-state index is 0. The molecule has 26 heavy (non-hydrogen) atoms. The summed E-state index contributed by atoms with van der Waals surface area (Å²) in [6, 6.07) is 12.6. The third-order valence-corrected chi connectivity index (χ3v) is 3.85. The molecule has 0 saturated heterocycles. The van der Waals surface area contributed by atoms with Crippen molar-refractivity contribution in [2.75, 3.05) is 19.9 Å². The van der Waals surface area contributed by atoms with Gasteiger partial charge >= 0.3 is 0 Å². The van der Waals surface area contributed by atoms with Crippen LogP contribution in [0.4, 0.5) is 4.39 Å². The molecule has 0 aromatic heterocycles. The van der Waals surface area contributed by atoms with Crippen LogP contribution in [0.2, 0.25) is 0 Å². The highest BCUT2D eigenvalue weighted by atomic mass is 127. The molecular weight excluding hydrogens is 448 g/mol. The van der Waals surface area contributed by atoms with Crippen LogP contribution in [0.5, 0.6) is 11.5 Å². The van der Waals surface area contributed by atoms with E-state index in [1.165, 1.54) is 6.07 Å². The van der Waals surface area contributed by atoms with Crippen molar-refractivity contribution in [1.29, 1.82) is 0 Å². The van der Waals surface area contributed by atoms with E-state index in [1.807, 2.05) is 31.2 Å². The summed E-state index contributed by atoms with van der Waals surface area (Å²) >= 11 is 0. The summed E-state index contributed by atoms with van der Waals surface area (Å²) in [7, 11) is 0. The van der Waals surface area contributed by atoms with Gasteiger partial charge in [-0.3, -0.25) is 0 Å². The molecule has 0 atom stereocenters. The van der Waals surface area contributed by atoms with Gasteiger partial charge in [0.2, 0.25) is 6.79 Å². The molecule has 2 aromatic carbocycles. The zero-order chi connectivity index (χ0) is 17.5. The Kier molecular flexibility index (Phi) is 7.96. The first-order chi connectivity index (χ1) is 12.3. The average Bonchev–Trinajstić information content (AvgIpc) is 3.09. The highest BCUT2D eigenvalue weighted by Crippen LogP contribution is 2.32. The van der Waals surface area contributed by atoms with Crippen molar-refractivity contribution in [3.8, 4) is 11.5 Å². The van der Waals surface area contributed by atoms with E-state index in [9.17, 15) is 4.39 Å². The molecule has 2 aromatic rings. The molecule has 0 radical (unpaired) electrons. The van der Waals surface area contributed by atoms with Crippen LogP contribution < -0.4 is 20.1 Å². The van der Waals surface area contributed by atoms with Crippen molar-refractivity contribution in [1.82, 2.24) is 10.6 Å². The van der Waals surface area contributed by atoms with Gasteiger partial charge in [0.15, 0.2) is 17.5 Å². The summed E-state index contributed by atoms with van der Waals surface area (Å²) in [6.45, 7) is 4.16. The lowest BCUT2D eigenvalue weighted by Gasteiger charge is -2.11. The smallest absolute Gasteiger partial charge is 0.231 e. The van der Waals surface area contributed by atoms with Gasteiger partial charge in [-0.2, -0.15) is 0 Å². The molecule has 7 heteroatoms. The van der Waals surface area contributed by atoms with Crippen LogP contribution >= 0.6 is 24.0 Å². The molecule has 2 N–H and O–H groups in total. The third-order valence-electron chi connectivity index (χ3n) is 3.85. The van der Waals surface area contributed by atoms with E-state index in [0.29, 0.717) is 31.0 Å². The van der Waals surface area contributed by atoms with Gasteiger partial charge in [0.05, 0.1) is 6.54 Å². The Bertz CT molecular complexity index is 755. The Hall–Kier alpha value is -2.03. The van der Waals surface area contributed by atoms with Crippen LogP contribution in [0.25, 0.3) is 0 Å². The van der Waals surface area contributed by atoms with Crippen molar-refractivity contribution in [2.45, 2.75) is 19.9 Å². The van der Waals surface area contributed by atoms with Crippen LogP contribution in [0.15, 0.2) is 47.5 Å². The van der Waals surface area contributed by atoms with Crippen molar-refractivity contribution in [3.05, 3.63) is 59.4 Å². The molecule has 3 rings (SSSR count). The van der Waals surface area contributed by atoms with E-state index in [-0.39, 0.29) is 36.6 Å². The molecule has 0 unspecified atom stereocenters. The maximum atomic E-state index is 13.6. The Morgan fingerprint density at radius 2 is 1.92 bits per heavy atom. The van der Waals surface area contributed by atoms with Crippen molar-refractivity contribution >= 4 is 29.9 Å². The molecule has 0 bridgehead atoms. The highest BCUT2D eigenvalue weighted by Gasteiger charge is 2.12. The van der Waals surface area contributed by atoms with E-state index < -0.39 is 0 Å². The predicted molar refractivity (Wildman–Crippen MR) is 111 cm³/mol. The molecule has 0 saturated carbocycles. The standard InChI is InChI=1S/C19H22FN3O2.HI/c1-2-21-19(22-10-9-15-5-3-4-6-16(15)20)23-12-14-7-8-17-18(11-14)25-13-24-17;/h3-8,11H,2,9-10,12-13H2,1H3,(H2,21,22,23);1H. The van der Waals surface area contributed by atoms with Crippen molar-refractivity contribution in [3.63, 3.8) is 0 Å². The maximum Gasteiger partial charge on any atom is 0.231 e. The summed E-state index contributed by atoms with van der Waals surface area (Å²) < 4.78 is 24.3. The Balaban J connectivity index is 0.00000243. The summed E-state index contributed by atoms with van der Waals surface area (Å²) in [5.41, 5.74) is 1.73. The van der Waals surface area contributed by atoms with Gasteiger partial charge in [-0.25, -0.2) is 9.38 Å². The number of nitrogens with zero attached hydrogens (tertiary/aromatic N) is 1. The van der Waals surface area contributed by atoms with Gasteiger partial charge in [0.1, 0.15) is 5.82 Å². The molecule has 0 amide bonds. The Labute approximate surface area is 170 Å². The number of hydrogen-bond acceptors (Lipinski definition) is 3. The van der Waals surface area contributed by atoms with Crippen LogP contribution in [-0.2, 0) is 13.0 Å². The predicted octanol–water partition coefficient (Wildman–Crippen LogP) is 3.47. The first-order valence-electron chi connectivity index (χ1n) is 8.40. The van der Waals surface area contributed by atoms with Crippen LogP contribution in [0.3, 0.4) is 0 Å². The van der Waals surface area contributed by atoms with E-state index in [4.69, 9.17) is 9.47 Å². The second-order valence-electron chi connectivity index (χ2n) is 5.65. The van der Waals surface area contributed by atoms with Crippen molar-refractivity contribution < 1.29 is 13.9 Å². The van der Waals surface area contributed by atoms with Gasteiger partial charge in [0, 0.05) is 13.1 Å². The lowest BCUT2D eigenvalue weighted by Crippen LogP contribution is -2.38. The number of halogens is 2. The average molecular weight is 471 g/mol. The van der Waals surface area contributed by atoms with E-state index in [2.05, 4.69) is 15.6 Å². The van der Waals surface area contributed by atoms with E-state index in [0.717, 1.165) is 23.6 Å². The van der Waals surface area contributed by atoms with Gasteiger partial charge < -0.3 is 20.1 Å². The minimum Gasteiger partial charge on any atom is -0.454 e. The summed E-state index contributed by atoms with van der Waals surface area (Å²) in [5.74, 6) is 2.05. The largest absolute Gasteiger partial charge is 0.454 e. The second-order valence-corrected chi connectivity index (χ2v) is 5.65. The number of nitrogens with one attached hydrogen (secondary N) is 2. The number of aliphatic imine (C=N–C) groups is 1. The third kappa shape index (κ3) is 5.48. The Morgan fingerprint density at radius 1 is 1.12 bits per heavy atom. The lowest BCUT2D eigenvalue weighted by molar-refractivity contribution is 0.174. The second kappa shape index (κ2) is 10.2. The lowest BCUT2D eigenvalue weighted by atomic mass is 10.1. The molecule has 0 fully saturated rings. The summed E-state index contributed by atoms with van der Waals surface area (Å²) in [4.78, 5) is 4.57. The quantitative estimate of drug-likeness (QED) is 0.385. The van der Waals surface area contributed by atoms with Gasteiger partial charge in [0.25, 0.3) is 0 Å².